The zero-order valence-electron chi connectivity index (χ0n) is 12.6. The lowest BCUT2D eigenvalue weighted by atomic mass is 10.1. The molecule has 0 amide bonds. The first-order chi connectivity index (χ1) is 9.43. The molecule has 0 radical (unpaired) electrons. The molecule has 1 fully saturated rings. The molecular weight excluding hydrogens is 274 g/mol. The van der Waals surface area contributed by atoms with Crippen LogP contribution in [-0.2, 0) is 0 Å². The van der Waals surface area contributed by atoms with Gasteiger partial charge >= 0.3 is 5.97 Å². The molecule has 2 heterocycles. The van der Waals surface area contributed by atoms with Crippen LogP contribution in [0.4, 0.5) is 5.13 Å². The molecule has 1 saturated heterocycles. The highest BCUT2D eigenvalue weighted by molar-refractivity contribution is 7.17. The molecular formula is C14H23N3O2S. The van der Waals surface area contributed by atoms with Gasteiger partial charge in [-0.15, -0.1) is 0 Å². The summed E-state index contributed by atoms with van der Waals surface area (Å²) in [5.74, 6) is -0.723. The van der Waals surface area contributed by atoms with Crippen LogP contribution in [0.25, 0.3) is 0 Å². The third kappa shape index (κ3) is 2.96. The predicted molar refractivity (Wildman–Crippen MR) is 82.1 cm³/mol. The van der Waals surface area contributed by atoms with E-state index < -0.39 is 5.97 Å². The maximum absolute atomic E-state index is 11.3. The van der Waals surface area contributed by atoms with E-state index in [1.54, 1.807) is 0 Å². The average Bonchev–Trinajstić information content (AvgIpc) is 2.84. The minimum Gasteiger partial charge on any atom is -0.477 e. The molecule has 1 N–H and O–H groups in total. The van der Waals surface area contributed by atoms with Crippen LogP contribution in [0, 0.1) is 0 Å². The van der Waals surface area contributed by atoms with Crippen molar-refractivity contribution in [2.45, 2.75) is 39.2 Å². The van der Waals surface area contributed by atoms with Crippen molar-refractivity contribution in [2.75, 3.05) is 31.6 Å². The molecule has 20 heavy (non-hydrogen) atoms. The van der Waals surface area contributed by atoms with Crippen LogP contribution in [0.1, 0.15) is 48.5 Å². The SMILES string of the molecule is CCC1CN(c2nc(C(C)C)c(C(=O)O)s2)CCN1C. The van der Waals surface area contributed by atoms with E-state index in [9.17, 15) is 9.90 Å². The highest BCUT2D eigenvalue weighted by atomic mass is 32.1. The van der Waals surface area contributed by atoms with Crippen LogP contribution in [0.15, 0.2) is 0 Å². The van der Waals surface area contributed by atoms with E-state index >= 15 is 0 Å². The van der Waals surface area contributed by atoms with Crippen molar-refractivity contribution in [2.24, 2.45) is 0 Å². The van der Waals surface area contributed by atoms with E-state index in [1.807, 2.05) is 13.8 Å². The monoisotopic (exact) mass is 297 g/mol. The third-order valence-corrected chi connectivity index (χ3v) is 5.02. The second-order valence-corrected chi connectivity index (χ2v) is 6.64. The average molecular weight is 297 g/mol. The Morgan fingerprint density at radius 3 is 2.70 bits per heavy atom. The standard InChI is InChI=1S/C14H23N3O2S/c1-5-10-8-17(7-6-16(10)4)14-15-11(9(2)3)12(20-14)13(18)19/h9-10H,5-8H2,1-4H3,(H,18,19). The first-order valence-corrected chi connectivity index (χ1v) is 7.94. The highest BCUT2D eigenvalue weighted by Gasteiger charge is 2.27. The summed E-state index contributed by atoms with van der Waals surface area (Å²) in [5.41, 5.74) is 0.712. The zero-order valence-corrected chi connectivity index (χ0v) is 13.4. The summed E-state index contributed by atoms with van der Waals surface area (Å²) >= 11 is 1.31. The number of aromatic carboxylic acids is 1. The summed E-state index contributed by atoms with van der Waals surface area (Å²) in [6, 6.07) is 0.517. The van der Waals surface area contributed by atoms with Crippen LogP contribution in [-0.4, -0.2) is 53.7 Å². The number of hydrogen-bond acceptors (Lipinski definition) is 5. The van der Waals surface area contributed by atoms with Gasteiger partial charge in [0.1, 0.15) is 4.88 Å². The minimum atomic E-state index is -0.862. The molecule has 1 aliphatic heterocycles. The van der Waals surface area contributed by atoms with E-state index in [1.165, 1.54) is 11.3 Å². The van der Waals surface area contributed by atoms with Crippen LogP contribution in [0.5, 0.6) is 0 Å². The maximum Gasteiger partial charge on any atom is 0.347 e. The summed E-state index contributed by atoms with van der Waals surface area (Å²) in [4.78, 5) is 20.9. The van der Waals surface area contributed by atoms with Crippen molar-refractivity contribution >= 4 is 22.4 Å². The number of rotatable bonds is 4. The normalized spacial score (nSPS) is 20.6. The minimum absolute atomic E-state index is 0.139. The maximum atomic E-state index is 11.3. The summed E-state index contributed by atoms with van der Waals surface area (Å²) in [6.07, 6.45) is 1.10. The molecule has 2 rings (SSSR count). The predicted octanol–water partition coefficient (Wildman–Crippen LogP) is 2.50. The van der Waals surface area contributed by atoms with Crippen molar-refractivity contribution in [3.63, 3.8) is 0 Å². The van der Waals surface area contributed by atoms with Crippen molar-refractivity contribution in [1.29, 1.82) is 0 Å². The molecule has 0 aromatic carbocycles. The van der Waals surface area contributed by atoms with Crippen LogP contribution in [0.3, 0.4) is 0 Å². The second kappa shape index (κ2) is 6.10. The number of aromatic nitrogens is 1. The van der Waals surface area contributed by atoms with E-state index in [4.69, 9.17) is 0 Å². The van der Waals surface area contributed by atoms with Crippen LogP contribution >= 0.6 is 11.3 Å². The fourth-order valence-electron chi connectivity index (χ4n) is 2.56. The summed E-state index contributed by atoms with van der Waals surface area (Å²) in [5, 5.41) is 10.2. The van der Waals surface area contributed by atoms with E-state index in [0.29, 0.717) is 16.6 Å². The number of carboxylic acids is 1. The van der Waals surface area contributed by atoms with Gasteiger partial charge in [0.25, 0.3) is 0 Å². The van der Waals surface area contributed by atoms with Crippen molar-refractivity contribution in [1.82, 2.24) is 9.88 Å². The number of carboxylic acid groups (broad SMARTS) is 1. The molecule has 0 aliphatic carbocycles. The van der Waals surface area contributed by atoms with Crippen molar-refractivity contribution in [3.05, 3.63) is 10.6 Å². The number of anilines is 1. The smallest absolute Gasteiger partial charge is 0.347 e. The van der Waals surface area contributed by atoms with E-state index in [2.05, 4.69) is 28.8 Å². The van der Waals surface area contributed by atoms with Gasteiger partial charge in [-0.05, 0) is 19.4 Å². The Morgan fingerprint density at radius 2 is 2.20 bits per heavy atom. The Labute approximate surface area is 124 Å². The summed E-state index contributed by atoms with van der Waals surface area (Å²) < 4.78 is 0. The Kier molecular flexibility index (Phi) is 4.65. The molecule has 1 unspecified atom stereocenters. The van der Waals surface area contributed by atoms with Gasteiger partial charge in [-0.2, -0.15) is 0 Å². The number of hydrogen-bond donors (Lipinski definition) is 1. The van der Waals surface area contributed by atoms with Crippen molar-refractivity contribution < 1.29 is 9.90 Å². The van der Waals surface area contributed by atoms with Gasteiger partial charge in [-0.1, -0.05) is 32.1 Å². The quantitative estimate of drug-likeness (QED) is 0.925. The molecule has 112 valence electrons. The highest BCUT2D eigenvalue weighted by Crippen LogP contribution is 2.32. The van der Waals surface area contributed by atoms with Gasteiger partial charge in [0.15, 0.2) is 5.13 Å². The van der Waals surface area contributed by atoms with Gasteiger partial charge in [0, 0.05) is 25.7 Å². The molecule has 1 atom stereocenters. The van der Waals surface area contributed by atoms with Gasteiger partial charge in [0.2, 0.25) is 0 Å². The number of nitrogens with zero attached hydrogens (tertiary/aromatic N) is 3. The fraction of sp³-hybridized carbons (Fsp3) is 0.714. The summed E-state index contributed by atoms with van der Waals surface area (Å²) in [6.45, 7) is 9.01. The molecule has 0 spiro atoms. The first kappa shape index (κ1) is 15.3. The Morgan fingerprint density at radius 1 is 1.50 bits per heavy atom. The van der Waals surface area contributed by atoms with Crippen molar-refractivity contribution in [3.8, 4) is 0 Å². The molecule has 1 aliphatic rings. The Bertz CT molecular complexity index is 487. The number of thiazole rings is 1. The van der Waals surface area contributed by atoms with Crippen LogP contribution in [0.2, 0.25) is 0 Å². The lowest BCUT2D eigenvalue weighted by molar-refractivity contribution is 0.0700. The largest absolute Gasteiger partial charge is 0.477 e. The topological polar surface area (TPSA) is 56.7 Å². The number of piperazine rings is 1. The Balaban J connectivity index is 2.25. The lowest BCUT2D eigenvalue weighted by Crippen LogP contribution is -2.51. The Hall–Kier alpha value is -1.14. The molecule has 5 nitrogen and oxygen atoms in total. The van der Waals surface area contributed by atoms with Gasteiger partial charge in [0.05, 0.1) is 5.69 Å². The van der Waals surface area contributed by atoms with Gasteiger partial charge < -0.3 is 10.0 Å². The lowest BCUT2D eigenvalue weighted by Gasteiger charge is -2.39. The molecule has 1 aromatic heterocycles. The molecule has 6 heteroatoms. The molecule has 0 saturated carbocycles. The van der Waals surface area contributed by atoms with E-state index in [0.717, 1.165) is 31.2 Å². The first-order valence-electron chi connectivity index (χ1n) is 7.13. The fourth-order valence-corrected chi connectivity index (χ4v) is 3.66. The molecule has 1 aromatic rings. The van der Waals surface area contributed by atoms with Gasteiger partial charge in [-0.25, -0.2) is 9.78 Å². The second-order valence-electron chi connectivity index (χ2n) is 5.66. The molecule has 0 bridgehead atoms. The number of likely N-dealkylation sites (N-methyl/N-ethyl adjacent to an activating group) is 1. The number of carbonyl (C=O) groups is 1. The van der Waals surface area contributed by atoms with E-state index in [-0.39, 0.29) is 5.92 Å². The zero-order chi connectivity index (χ0) is 14.9. The van der Waals surface area contributed by atoms with Crippen LogP contribution < -0.4 is 4.90 Å². The summed E-state index contributed by atoms with van der Waals surface area (Å²) in [7, 11) is 2.15. The van der Waals surface area contributed by atoms with Gasteiger partial charge in [-0.3, -0.25) is 4.90 Å². The third-order valence-electron chi connectivity index (χ3n) is 3.90.